The highest BCUT2D eigenvalue weighted by atomic mass is 16.5. The normalized spacial score (nSPS) is 17.5. The van der Waals surface area contributed by atoms with E-state index in [1.165, 1.54) is 24.5 Å². The van der Waals surface area contributed by atoms with E-state index in [2.05, 4.69) is 5.32 Å². The molecule has 7 heteroatoms. The third-order valence-corrected chi connectivity index (χ3v) is 4.61. The zero-order valence-electron chi connectivity index (χ0n) is 14.2. The lowest BCUT2D eigenvalue weighted by molar-refractivity contribution is -0.123. The molecular formula is C18H22N2O5. The van der Waals surface area contributed by atoms with E-state index in [1.807, 2.05) is 0 Å². The predicted octanol–water partition coefficient (Wildman–Crippen LogP) is 1.22. The largest absolute Gasteiger partial charge is 0.493 e. The lowest BCUT2D eigenvalue weighted by atomic mass is 9.86. The number of methoxy groups -OCH3 is 1. The summed E-state index contributed by atoms with van der Waals surface area (Å²) >= 11 is 0. The lowest BCUT2D eigenvalue weighted by Gasteiger charge is -2.27. The van der Waals surface area contributed by atoms with Gasteiger partial charge in [0.05, 0.1) is 25.8 Å². The number of piperazine rings is 1. The molecule has 1 aliphatic carbocycles. The summed E-state index contributed by atoms with van der Waals surface area (Å²) < 4.78 is 10.5. The molecule has 1 aromatic carbocycles. The van der Waals surface area contributed by atoms with Crippen molar-refractivity contribution in [2.75, 3.05) is 33.4 Å². The third kappa shape index (κ3) is 4.10. The topological polar surface area (TPSA) is 84.9 Å². The summed E-state index contributed by atoms with van der Waals surface area (Å²) in [6, 6.07) is 4.70. The van der Waals surface area contributed by atoms with E-state index in [4.69, 9.17) is 9.47 Å². The number of carbonyl (C=O) groups excluding carboxylic acids is 3. The summed E-state index contributed by atoms with van der Waals surface area (Å²) in [4.78, 5) is 37.6. The van der Waals surface area contributed by atoms with Gasteiger partial charge in [0.1, 0.15) is 5.75 Å². The van der Waals surface area contributed by atoms with Crippen molar-refractivity contribution in [1.82, 2.24) is 10.2 Å². The number of nitrogens with zero attached hydrogens (tertiary/aromatic N) is 1. The molecule has 0 atom stereocenters. The molecule has 0 unspecified atom stereocenters. The molecule has 25 heavy (non-hydrogen) atoms. The first-order valence-corrected chi connectivity index (χ1v) is 8.49. The molecule has 3 rings (SSSR count). The Labute approximate surface area is 146 Å². The van der Waals surface area contributed by atoms with E-state index in [-0.39, 0.29) is 23.9 Å². The van der Waals surface area contributed by atoms with Crippen molar-refractivity contribution in [2.45, 2.75) is 19.3 Å². The van der Waals surface area contributed by atoms with Crippen LogP contribution in [-0.4, -0.2) is 56.0 Å². The summed E-state index contributed by atoms with van der Waals surface area (Å²) in [6.45, 7) is 1.45. The first kappa shape index (κ1) is 17.3. The van der Waals surface area contributed by atoms with Gasteiger partial charge in [-0.2, -0.15) is 0 Å². The third-order valence-electron chi connectivity index (χ3n) is 4.61. The molecule has 0 spiro atoms. The standard InChI is InChI=1S/C18H22N2O5/c1-24-18(23)14-7-13(17(22)20-6-5-19-16(21)10-20)8-15(9-14)25-11-12-3-2-4-12/h7-9,12H,2-6,10-11H2,1H3,(H,19,21). The van der Waals surface area contributed by atoms with Crippen molar-refractivity contribution in [3.8, 4) is 5.75 Å². The molecule has 2 aliphatic rings. The van der Waals surface area contributed by atoms with Crippen LogP contribution in [0, 0.1) is 5.92 Å². The van der Waals surface area contributed by atoms with Crippen LogP contribution in [0.15, 0.2) is 18.2 Å². The molecule has 0 bridgehead atoms. The number of hydrogen-bond acceptors (Lipinski definition) is 5. The molecule has 1 aromatic rings. The van der Waals surface area contributed by atoms with Gasteiger partial charge in [0, 0.05) is 18.7 Å². The first-order chi connectivity index (χ1) is 12.1. The zero-order chi connectivity index (χ0) is 17.8. The Bertz CT molecular complexity index is 684. The van der Waals surface area contributed by atoms with Gasteiger partial charge in [0.15, 0.2) is 0 Å². The van der Waals surface area contributed by atoms with Crippen molar-refractivity contribution in [2.24, 2.45) is 5.92 Å². The van der Waals surface area contributed by atoms with Gasteiger partial charge in [0.25, 0.3) is 5.91 Å². The minimum Gasteiger partial charge on any atom is -0.493 e. The number of benzene rings is 1. The van der Waals surface area contributed by atoms with Crippen LogP contribution in [0.5, 0.6) is 5.75 Å². The number of esters is 1. The maximum atomic E-state index is 12.7. The predicted molar refractivity (Wildman–Crippen MR) is 89.5 cm³/mol. The van der Waals surface area contributed by atoms with Crippen molar-refractivity contribution in [3.05, 3.63) is 29.3 Å². The van der Waals surface area contributed by atoms with Crippen LogP contribution in [0.3, 0.4) is 0 Å². The van der Waals surface area contributed by atoms with Gasteiger partial charge in [-0.25, -0.2) is 4.79 Å². The number of nitrogens with one attached hydrogen (secondary N) is 1. The Hall–Kier alpha value is -2.57. The quantitative estimate of drug-likeness (QED) is 0.811. The molecule has 1 N–H and O–H groups in total. The number of hydrogen-bond donors (Lipinski definition) is 1. The number of ether oxygens (including phenoxy) is 2. The van der Waals surface area contributed by atoms with Gasteiger partial charge in [0.2, 0.25) is 5.91 Å². The number of rotatable bonds is 5. The van der Waals surface area contributed by atoms with Crippen LogP contribution in [0.25, 0.3) is 0 Å². The highest BCUT2D eigenvalue weighted by Gasteiger charge is 2.24. The molecule has 1 aliphatic heterocycles. The average molecular weight is 346 g/mol. The second-order valence-electron chi connectivity index (χ2n) is 6.42. The van der Waals surface area contributed by atoms with Crippen molar-refractivity contribution < 1.29 is 23.9 Å². The summed E-state index contributed by atoms with van der Waals surface area (Å²) in [6.07, 6.45) is 3.51. The summed E-state index contributed by atoms with van der Waals surface area (Å²) in [7, 11) is 1.29. The van der Waals surface area contributed by atoms with Gasteiger partial charge in [-0.15, -0.1) is 0 Å². The van der Waals surface area contributed by atoms with E-state index < -0.39 is 5.97 Å². The Morgan fingerprint density at radius 1 is 1.24 bits per heavy atom. The van der Waals surface area contributed by atoms with Gasteiger partial charge in [-0.05, 0) is 37.0 Å². The molecule has 134 valence electrons. The summed E-state index contributed by atoms with van der Waals surface area (Å²) in [5, 5.41) is 2.68. The Morgan fingerprint density at radius 2 is 2.00 bits per heavy atom. The van der Waals surface area contributed by atoms with E-state index in [0.29, 0.717) is 36.9 Å². The molecule has 2 fully saturated rings. The number of carbonyl (C=O) groups is 3. The Morgan fingerprint density at radius 3 is 2.64 bits per heavy atom. The maximum Gasteiger partial charge on any atom is 0.338 e. The summed E-state index contributed by atoms with van der Waals surface area (Å²) in [5.74, 6) is -0.00913. The van der Waals surface area contributed by atoms with Gasteiger partial charge in [-0.1, -0.05) is 6.42 Å². The molecular weight excluding hydrogens is 324 g/mol. The SMILES string of the molecule is COC(=O)c1cc(OCC2CCC2)cc(C(=O)N2CCNC(=O)C2)c1. The van der Waals surface area contributed by atoms with Crippen LogP contribution in [-0.2, 0) is 9.53 Å². The molecule has 1 heterocycles. The van der Waals surface area contributed by atoms with E-state index in [9.17, 15) is 14.4 Å². The van der Waals surface area contributed by atoms with E-state index in [0.717, 1.165) is 12.8 Å². The van der Waals surface area contributed by atoms with Gasteiger partial charge < -0.3 is 19.7 Å². The lowest BCUT2D eigenvalue weighted by Crippen LogP contribution is -2.50. The van der Waals surface area contributed by atoms with E-state index in [1.54, 1.807) is 12.1 Å². The van der Waals surface area contributed by atoms with Crippen LogP contribution < -0.4 is 10.1 Å². The molecule has 1 saturated carbocycles. The maximum absolute atomic E-state index is 12.7. The number of amides is 2. The van der Waals surface area contributed by atoms with Crippen molar-refractivity contribution in [3.63, 3.8) is 0 Å². The van der Waals surface area contributed by atoms with E-state index >= 15 is 0 Å². The monoisotopic (exact) mass is 346 g/mol. The van der Waals surface area contributed by atoms with Crippen LogP contribution in [0.1, 0.15) is 40.0 Å². The van der Waals surface area contributed by atoms with Gasteiger partial charge >= 0.3 is 5.97 Å². The fourth-order valence-electron chi connectivity index (χ4n) is 2.91. The molecule has 2 amide bonds. The fourth-order valence-corrected chi connectivity index (χ4v) is 2.91. The molecule has 1 saturated heterocycles. The zero-order valence-corrected chi connectivity index (χ0v) is 14.2. The van der Waals surface area contributed by atoms with Crippen LogP contribution in [0.2, 0.25) is 0 Å². The Balaban J connectivity index is 1.81. The second-order valence-corrected chi connectivity index (χ2v) is 6.42. The average Bonchev–Trinajstić information content (AvgIpc) is 2.58. The first-order valence-electron chi connectivity index (χ1n) is 8.49. The smallest absolute Gasteiger partial charge is 0.338 e. The molecule has 0 aromatic heterocycles. The molecule has 7 nitrogen and oxygen atoms in total. The van der Waals surface area contributed by atoms with Crippen LogP contribution in [0.4, 0.5) is 0 Å². The second kappa shape index (κ2) is 7.55. The highest BCUT2D eigenvalue weighted by Crippen LogP contribution is 2.28. The minimum atomic E-state index is -0.528. The highest BCUT2D eigenvalue weighted by molar-refractivity contribution is 6.00. The van der Waals surface area contributed by atoms with Crippen LogP contribution >= 0.6 is 0 Å². The summed E-state index contributed by atoms with van der Waals surface area (Å²) in [5.41, 5.74) is 0.583. The Kier molecular flexibility index (Phi) is 5.21. The minimum absolute atomic E-state index is 0.0134. The van der Waals surface area contributed by atoms with Gasteiger partial charge in [-0.3, -0.25) is 9.59 Å². The fraction of sp³-hybridized carbons (Fsp3) is 0.500. The van der Waals surface area contributed by atoms with Crippen molar-refractivity contribution in [1.29, 1.82) is 0 Å². The molecule has 0 radical (unpaired) electrons. The van der Waals surface area contributed by atoms with Crippen molar-refractivity contribution >= 4 is 17.8 Å².